The summed E-state index contributed by atoms with van der Waals surface area (Å²) >= 11 is 0. The van der Waals surface area contributed by atoms with Crippen LogP contribution in [-0.2, 0) is 20.9 Å². The van der Waals surface area contributed by atoms with Crippen molar-refractivity contribution >= 4 is 11.9 Å². The first-order valence-corrected chi connectivity index (χ1v) is 8.86. The average molecular weight is 371 g/mol. The molecule has 0 radical (unpaired) electrons. The maximum atomic E-state index is 12.0. The minimum atomic E-state index is -0.896. The molecule has 6 heteroatoms. The van der Waals surface area contributed by atoms with Crippen molar-refractivity contribution in [3.05, 3.63) is 59.7 Å². The van der Waals surface area contributed by atoms with Crippen LogP contribution in [0, 0.1) is 6.92 Å². The number of hydrogen-bond donors (Lipinski definition) is 1. The molecule has 0 saturated heterocycles. The Hall–Kier alpha value is -3.02. The van der Waals surface area contributed by atoms with E-state index in [1.165, 1.54) is 6.92 Å². The van der Waals surface area contributed by atoms with Gasteiger partial charge in [0.2, 0.25) is 0 Å². The van der Waals surface area contributed by atoms with Crippen molar-refractivity contribution in [1.29, 1.82) is 0 Å². The second-order valence-electron chi connectivity index (χ2n) is 6.03. The molecule has 0 saturated carbocycles. The summed E-state index contributed by atoms with van der Waals surface area (Å²) in [5, 5.41) is 2.74. The number of benzene rings is 2. The molecular weight excluding hydrogens is 346 g/mol. The lowest BCUT2D eigenvalue weighted by Crippen LogP contribution is -2.36. The lowest BCUT2D eigenvalue weighted by atomic mass is 10.1. The van der Waals surface area contributed by atoms with Gasteiger partial charge in [0.15, 0.2) is 12.7 Å². The number of amides is 1. The third-order valence-corrected chi connectivity index (χ3v) is 3.76. The summed E-state index contributed by atoms with van der Waals surface area (Å²) in [6.45, 7) is 6.11. The monoisotopic (exact) mass is 371 g/mol. The van der Waals surface area contributed by atoms with Crippen molar-refractivity contribution in [2.24, 2.45) is 0 Å². The lowest BCUT2D eigenvalue weighted by Gasteiger charge is -2.14. The van der Waals surface area contributed by atoms with Crippen molar-refractivity contribution < 1.29 is 23.8 Å². The van der Waals surface area contributed by atoms with E-state index in [0.717, 1.165) is 16.9 Å². The molecule has 1 amide bonds. The van der Waals surface area contributed by atoms with Crippen LogP contribution in [0.4, 0.5) is 0 Å². The lowest BCUT2D eigenvalue weighted by molar-refractivity contribution is -0.156. The maximum absolute atomic E-state index is 12.0. The Morgan fingerprint density at radius 1 is 0.963 bits per heavy atom. The standard InChI is InChI=1S/C21H25NO5/c1-4-25-18-9-11-19(12-10-18)26-14-20(23)27-16(3)21(24)22-13-17-7-5-15(2)6-8-17/h5-12,16H,4,13-14H2,1-3H3,(H,22,24)/t16-/m1/s1. The van der Waals surface area contributed by atoms with Crippen LogP contribution in [0.3, 0.4) is 0 Å². The SMILES string of the molecule is CCOc1ccc(OCC(=O)O[C@H](C)C(=O)NCc2ccc(C)cc2)cc1. The summed E-state index contributed by atoms with van der Waals surface area (Å²) in [4.78, 5) is 23.9. The van der Waals surface area contributed by atoms with Crippen LogP contribution in [0.1, 0.15) is 25.0 Å². The first-order valence-electron chi connectivity index (χ1n) is 8.86. The fourth-order valence-corrected chi connectivity index (χ4v) is 2.26. The molecule has 0 aliphatic heterocycles. The number of hydrogen-bond acceptors (Lipinski definition) is 5. The van der Waals surface area contributed by atoms with Crippen molar-refractivity contribution in [3.8, 4) is 11.5 Å². The average Bonchev–Trinajstić information content (AvgIpc) is 2.67. The summed E-state index contributed by atoms with van der Waals surface area (Å²) in [6.07, 6.45) is -0.896. The van der Waals surface area contributed by atoms with E-state index in [1.807, 2.05) is 38.1 Å². The molecule has 0 unspecified atom stereocenters. The molecule has 144 valence electrons. The Balaban J connectivity index is 1.72. The van der Waals surface area contributed by atoms with E-state index in [4.69, 9.17) is 14.2 Å². The van der Waals surface area contributed by atoms with Gasteiger partial charge in [0, 0.05) is 6.54 Å². The first-order chi connectivity index (χ1) is 13.0. The Labute approximate surface area is 159 Å². The topological polar surface area (TPSA) is 73.9 Å². The summed E-state index contributed by atoms with van der Waals surface area (Å²) in [5.41, 5.74) is 2.13. The van der Waals surface area contributed by atoms with E-state index in [-0.39, 0.29) is 12.5 Å². The third kappa shape index (κ3) is 7.01. The summed E-state index contributed by atoms with van der Waals surface area (Å²) in [7, 11) is 0. The quantitative estimate of drug-likeness (QED) is 0.686. The van der Waals surface area contributed by atoms with E-state index in [2.05, 4.69) is 5.32 Å². The fourth-order valence-electron chi connectivity index (χ4n) is 2.26. The highest BCUT2D eigenvalue weighted by Gasteiger charge is 2.17. The largest absolute Gasteiger partial charge is 0.494 e. The summed E-state index contributed by atoms with van der Waals surface area (Å²) < 4.78 is 15.8. The summed E-state index contributed by atoms with van der Waals surface area (Å²) in [6, 6.07) is 14.8. The molecule has 0 fully saturated rings. The molecule has 0 aliphatic carbocycles. The highest BCUT2D eigenvalue weighted by Crippen LogP contribution is 2.17. The summed E-state index contributed by atoms with van der Waals surface area (Å²) in [5.74, 6) is 0.282. The van der Waals surface area contributed by atoms with Crippen LogP contribution >= 0.6 is 0 Å². The molecule has 0 aliphatic rings. The zero-order valence-corrected chi connectivity index (χ0v) is 15.9. The Morgan fingerprint density at radius 2 is 1.56 bits per heavy atom. The van der Waals surface area contributed by atoms with Gasteiger partial charge in [-0.15, -0.1) is 0 Å². The molecule has 2 aromatic carbocycles. The van der Waals surface area contributed by atoms with Crippen molar-refractivity contribution in [3.63, 3.8) is 0 Å². The molecule has 0 aromatic heterocycles. The number of aryl methyl sites for hydroxylation is 1. The van der Waals surface area contributed by atoms with Crippen LogP contribution in [0.2, 0.25) is 0 Å². The zero-order valence-electron chi connectivity index (χ0n) is 15.9. The first kappa shape index (κ1) is 20.3. The molecule has 27 heavy (non-hydrogen) atoms. The maximum Gasteiger partial charge on any atom is 0.344 e. The number of carbonyl (C=O) groups excluding carboxylic acids is 2. The van der Waals surface area contributed by atoms with Crippen LogP contribution in [0.5, 0.6) is 11.5 Å². The molecule has 1 atom stereocenters. The molecule has 0 bridgehead atoms. The van der Waals surface area contributed by atoms with E-state index >= 15 is 0 Å². The van der Waals surface area contributed by atoms with Crippen LogP contribution in [-0.4, -0.2) is 31.2 Å². The fraction of sp³-hybridized carbons (Fsp3) is 0.333. The second kappa shape index (κ2) is 10.2. The van der Waals surface area contributed by atoms with Gasteiger partial charge >= 0.3 is 5.97 Å². The molecular formula is C21H25NO5. The Morgan fingerprint density at radius 3 is 2.15 bits per heavy atom. The van der Waals surface area contributed by atoms with E-state index < -0.39 is 12.1 Å². The van der Waals surface area contributed by atoms with Gasteiger partial charge in [0.25, 0.3) is 5.91 Å². The van der Waals surface area contributed by atoms with E-state index in [9.17, 15) is 9.59 Å². The van der Waals surface area contributed by atoms with Gasteiger partial charge in [-0.25, -0.2) is 4.79 Å². The zero-order chi connectivity index (χ0) is 19.6. The highest BCUT2D eigenvalue weighted by atomic mass is 16.6. The van der Waals surface area contributed by atoms with Crippen molar-refractivity contribution in [1.82, 2.24) is 5.32 Å². The Kier molecular flexibility index (Phi) is 7.67. The van der Waals surface area contributed by atoms with Gasteiger partial charge in [-0.1, -0.05) is 29.8 Å². The van der Waals surface area contributed by atoms with Crippen LogP contribution in [0.25, 0.3) is 0 Å². The van der Waals surface area contributed by atoms with Crippen molar-refractivity contribution in [2.45, 2.75) is 33.4 Å². The molecule has 1 N–H and O–H groups in total. The molecule has 2 rings (SSSR count). The predicted molar refractivity (Wildman–Crippen MR) is 102 cm³/mol. The Bertz CT molecular complexity index is 740. The minimum Gasteiger partial charge on any atom is -0.494 e. The molecule has 2 aromatic rings. The number of ether oxygens (including phenoxy) is 3. The minimum absolute atomic E-state index is 0.274. The molecule has 0 heterocycles. The van der Waals surface area contributed by atoms with Gasteiger partial charge in [0.05, 0.1) is 6.61 Å². The van der Waals surface area contributed by atoms with Crippen molar-refractivity contribution in [2.75, 3.05) is 13.2 Å². The van der Waals surface area contributed by atoms with Gasteiger partial charge in [-0.3, -0.25) is 4.79 Å². The molecule has 6 nitrogen and oxygen atoms in total. The van der Waals surface area contributed by atoms with E-state index in [0.29, 0.717) is 18.9 Å². The smallest absolute Gasteiger partial charge is 0.344 e. The predicted octanol–water partition coefficient (Wildman–Crippen LogP) is 3.02. The number of rotatable bonds is 9. The third-order valence-electron chi connectivity index (χ3n) is 3.76. The van der Waals surface area contributed by atoms with Gasteiger partial charge in [-0.05, 0) is 50.6 Å². The number of esters is 1. The van der Waals surface area contributed by atoms with Gasteiger partial charge in [-0.2, -0.15) is 0 Å². The normalized spacial score (nSPS) is 11.4. The second-order valence-corrected chi connectivity index (χ2v) is 6.03. The molecule has 0 spiro atoms. The highest BCUT2D eigenvalue weighted by molar-refractivity contribution is 5.83. The van der Waals surface area contributed by atoms with Gasteiger partial charge in [0.1, 0.15) is 11.5 Å². The number of nitrogens with one attached hydrogen (secondary N) is 1. The van der Waals surface area contributed by atoms with Crippen LogP contribution in [0.15, 0.2) is 48.5 Å². The van der Waals surface area contributed by atoms with E-state index in [1.54, 1.807) is 24.3 Å². The van der Waals surface area contributed by atoms with Crippen LogP contribution < -0.4 is 14.8 Å². The number of carbonyl (C=O) groups is 2. The van der Waals surface area contributed by atoms with Gasteiger partial charge < -0.3 is 19.5 Å².